The van der Waals surface area contributed by atoms with Crippen molar-refractivity contribution in [1.29, 1.82) is 0 Å². The van der Waals surface area contributed by atoms with E-state index in [0.717, 1.165) is 30.4 Å². The van der Waals surface area contributed by atoms with Crippen molar-refractivity contribution < 1.29 is 4.74 Å². The summed E-state index contributed by atoms with van der Waals surface area (Å²) in [5.41, 5.74) is 1.47. The molecule has 2 aliphatic rings. The number of rotatable bonds is 3. The number of hydrogen-bond acceptors (Lipinski definition) is 2. The largest absolute Gasteiger partial charge is 0.494 e. The first-order valence-electron chi connectivity index (χ1n) is 6.84. The number of hydrogen-bond donors (Lipinski definition) is 1. The van der Waals surface area contributed by atoms with Gasteiger partial charge in [-0.05, 0) is 56.2 Å². The van der Waals surface area contributed by atoms with Crippen molar-refractivity contribution in [2.24, 2.45) is 0 Å². The molecule has 17 heavy (non-hydrogen) atoms. The van der Waals surface area contributed by atoms with Crippen LogP contribution in [0.4, 0.5) is 0 Å². The molecule has 2 saturated heterocycles. The fourth-order valence-corrected chi connectivity index (χ4v) is 3.35. The lowest BCUT2D eigenvalue weighted by Crippen LogP contribution is -2.37. The minimum absolute atomic E-state index is 0.731. The second-order valence-corrected chi connectivity index (χ2v) is 5.31. The molecule has 2 fully saturated rings. The molecule has 0 saturated carbocycles. The van der Waals surface area contributed by atoms with Crippen LogP contribution in [0, 0.1) is 0 Å². The molecule has 0 aromatic heterocycles. The number of benzene rings is 1. The highest BCUT2D eigenvalue weighted by Gasteiger charge is 2.33. The van der Waals surface area contributed by atoms with Crippen molar-refractivity contribution in [3.8, 4) is 5.75 Å². The molecule has 0 amide bonds. The van der Waals surface area contributed by atoms with E-state index in [1.54, 1.807) is 0 Å². The molecule has 0 radical (unpaired) electrons. The van der Waals surface area contributed by atoms with Crippen molar-refractivity contribution in [2.75, 3.05) is 6.61 Å². The van der Waals surface area contributed by atoms with Crippen molar-refractivity contribution in [2.45, 2.75) is 50.6 Å². The maximum absolute atomic E-state index is 5.59. The molecule has 2 heteroatoms. The SMILES string of the molecule is CCOc1cccc(C2CC3CCC(C2)N3)c1. The third-order valence-electron chi connectivity index (χ3n) is 4.11. The minimum Gasteiger partial charge on any atom is -0.494 e. The Kier molecular flexibility index (Phi) is 3.06. The zero-order chi connectivity index (χ0) is 11.7. The average molecular weight is 231 g/mol. The molecular weight excluding hydrogens is 210 g/mol. The molecule has 1 aromatic carbocycles. The number of piperidine rings is 1. The highest BCUT2D eigenvalue weighted by atomic mass is 16.5. The highest BCUT2D eigenvalue weighted by Crippen LogP contribution is 2.37. The van der Waals surface area contributed by atoms with Crippen LogP contribution in [0.3, 0.4) is 0 Å². The molecule has 2 unspecified atom stereocenters. The summed E-state index contributed by atoms with van der Waals surface area (Å²) in [5, 5.41) is 3.70. The monoisotopic (exact) mass is 231 g/mol. The molecule has 2 atom stereocenters. The van der Waals surface area contributed by atoms with Gasteiger partial charge in [-0.2, -0.15) is 0 Å². The van der Waals surface area contributed by atoms with E-state index in [2.05, 4.69) is 29.6 Å². The van der Waals surface area contributed by atoms with E-state index in [4.69, 9.17) is 4.74 Å². The normalized spacial score (nSPS) is 31.5. The van der Waals surface area contributed by atoms with Crippen LogP contribution in [0.1, 0.15) is 44.1 Å². The standard InChI is InChI=1S/C15H21NO/c1-2-17-15-5-3-4-11(10-15)12-8-13-6-7-14(9-12)16-13/h3-5,10,12-14,16H,2,6-9H2,1H3. The van der Waals surface area contributed by atoms with Crippen LogP contribution < -0.4 is 10.1 Å². The van der Waals surface area contributed by atoms with E-state index < -0.39 is 0 Å². The van der Waals surface area contributed by atoms with E-state index >= 15 is 0 Å². The number of nitrogens with one attached hydrogen (secondary N) is 1. The van der Waals surface area contributed by atoms with Gasteiger partial charge in [0.25, 0.3) is 0 Å². The number of ether oxygens (including phenoxy) is 1. The third-order valence-corrected chi connectivity index (χ3v) is 4.11. The quantitative estimate of drug-likeness (QED) is 0.863. The van der Waals surface area contributed by atoms with Gasteiger partial charge in [0.2, 0.25) is 0 Å². The highest BCUT2D eigenvalue weighted by molar-refractivity contribution is 5.31. The second-order valence-electron chi connectivity index (χ2n) is 5.31. The molecule has 1 aromatic rings. The van der Waals surface area contributed by atoms with Gasteiger partial charge in [0.1, 0.15) is 5.75 Å². The van der Waals surface area contributed by atoms with Crippen molar-refractivity contribution >= 4 is 0 Å². The zero-order valence-corrected chi connectivity index (χ0v) is 10.5. The van der Waals surface area contributed by atoms with Gasteiger partial charge in [-0.1, -0.05) is 12.1 Å². The van der Waals surface area contributed by atoms with Crippen LogP contribution in [0.5, 0.6) is 5.75 Å². The Morgan fingerprint density at radius 1 is 1.24 bits per heavy atom. The predicted molar refractivity (Wildman–Crippen MR) is 69.5 cm³/mol. The molecule has 92 valence electrons. The van der Waals surface area contributed by atoms with E-state index in [-0.39, 0.29) is 0 Å². The molecular formula is C15H21NO. The van der Waals surface area contributed by atoms with Crippen LogP contribution in [-0.4, -0.2) is 18.7 Å². The Bertz CT molecular complexity index is 378. The van der Waals surface area contributed by atoms with E-state index in [9.17, 15) is 0 Å². The first kappa shape index (κ1) is 11.1. The summed E-state index contributed by atoms with van der Waals surface area (Å²) < 4.78 is 5.59. The van der Waals surface area contributed by atoms with E-state index in [0.29, 0.717) is 0 Å². The Hall–Kier alpha value is -1.02. The summed E-state index contributed by atoms with van der Waals surface area (Å²) in [5.74, 6) is 1.75. The molecule has 0 aliphatic carbocycles. The predicted octanol–water partition coefficient (Wildman–Crippen LogP) is 3.08. The maximum Gasteiger partial charge on any atom is 0.119 e. The van der Waals surface area contributed by atoms with Crippen LogP contribution in [0.25, 0.3) is 0 Å². The Morgan fingerprint density at radius 3 is 2.71 bits per heavy atom. The topological polar surface area (TPSA) is 21.3 Å². The summed E-state index contributed by atoms with van der Waals surface area (Å²) in [6.07, 6.45) is 5.33. The summed E-state index contributed by atoms with van der Waals surface area (Å²) >= 11 is 0. The Morgan fingerprint density at radius 2 is 2.00 bits per heavy atom. The van der Waals surface area contributed by atoms with E-state index in [1.165, 1.54) is 31.2 Å². The maximum atomic E-state index is 5.59. The van der Waals surface area contributed by atoms with Crippen LogP contribution >= 0.6 is 0 Å². The van der Waals surface area contributed by atoms with Crippen LogP contribution in [-0.2, 0) is 0 Å². The van der Waals surface area contributed by atoms with Gasteiger partial charge in [-0.15, -0.1) is 0 Å². The second kappa shape index (κ2) is 4.69. The first-order chi connectivity index (χ1) is 8.35. The van der Waals surface area contributed by atoms with Gasteiger partial charge >= 0.3 is 0 Å². The lowest BCUT2D eigenvalue weighted by molar-refractivity contribution is 0.336. The van der Waals surface area contributed by atoms with Crippen LogP contribution in [0.2, 0.25) is 0 Å². The minimum atomic E-state index is 0.731. The van der Waals surface area contributed by atoms with Gasteiger partial charge in [0.15, 0.2) is 0 Å². The van der Waals surface area contributed by atoms with Crippen molar-refractivity contribution in [3.63, 3.8) is 0 Å². The van der Waals surface area contributed by atoms with Gasteiger partial charge in [0.05, 0.1) is 6.61 Å². The van der Waals surface area contributed by atoms with Crippen molar-refractivity contribution in [3.05, 3.63) is 29.8 Å². The van der Waals surface area contributed by atoms with Gasteiger partial charge in [-0.3, -0.25) is 0 Å². The Balaban J connectivity index is 1.77. The van der Waals surface area contributed by atoms with Crippen LogP contribution in [0.15, 0.2) is 24.3 Å². The lowest BCUT2D eigenvalue weighted by Gasteiger charge is -2.29. The van der Waals surface area contributed by atoms with Crippen molar-refractivity contribution in [1.82, 2.24) is 5.32 Å². The third kappa shape index (κ3) is 2.32. The number of fused-ring (bicyclic) bond motifs is 2. The lowest BCUT2D eigenvalue weighted by atomic mass is 9.86. The molecule has 2 bridgehead atoms. The summed E-state index contributed by atoms with van der Waals surface area (Å²) in [4.78, 5) is 0. The van der Waals surface area contributed by atoms with E-state index in [1.807, 2.05) is 6.92 Å². The molecule has 0 spiro atoms. The average Bonchev–Trinajstić information content (AvgIpc) is 2.69. The fraction of sp³-hybridized carbons (Fsp3) is 0.600. The first-order valence-corrected chi connectivity index (χ1v) is 6.84. The summed E-state index contributed by atoms with van der Waals surface area (Å²) in [7, 11) is 0. The summed E-state index contributed by atoms with van der Waals surface area (Å²) in [6, 6.07) is 10.2. The molecule has 2 aliphatic heterocycles. The van der Waals surface area contributed by atoms with Gasteiger partial charge in [0, 0.05) is 12.1 Å². The molecule has 3 rings (SSSR count). The van der Waals surface area contributed by atoms with Gasteiger partial charge < -0.3 is 10.1 Å². The molecule has 2 heterocycles. The molecule has 1 N–H and O–H groups in total. The van der Waals surface area contributed by atoms with Gasteiger partial charge in [-0.25, -0.2) is 0 Å². The summed E-state index contributed by atoms with van der Waals surface area (Å²) in [6.45, 7) is 2.79. The molecule has 2 nitrogen and oxygen atoms in total. The fourth-order valence-electron chi connectivity index (χ4n) is 3.35. The Labute approximate surface area is 103 Å². The smallest absolute Gasteiger partial charge is 0.119 e. The zero-order valence-electron chi connectivity index (χ0n) is 10.5.